The molecule has 1 saturated heterocycles. The van der Waals surface area contributed by atoms with Gasteiger partial charge in [-0.2, -0.15) is 4.31 Å². The summed E-state index contributed by atoms with van der Waals surface area (Å²) in [7, 11) is -3.94. The van der Waals surface area contributed by atoms with Gasteiger partial charge in [-0.3, -0.25) is 9.59 Å². The molecular formula is C22H23FN2O7S. The summed E-state index contributed by atoms with van der Waals surface area (Å²) in [4.78, 5) is 35.8. The van der Waals surface area contributed by atoms with Gasteiger partial charge in [0.25, 0.3) is 0 Å². The van der Waals surface area contributed by atoms with Crippen LogP contribution in [0.2, 0.25) is 0 Å². The molecule has 1 N–H and O–H groups in total. The number of carbonyl (C=O) groups excluding carboxylic acids is 3. The molecule has 0 radical (unpaired) electrons. The van der Waals surface area contributed by atoms with E-state index in [9.17, 15) is 27.2 Å². The number of amides is 1. The molecule has 1 aliphatic heterocycles. The number of carbonyl (C=O) groups is 3. The fourth-order valence-corrected chi connectivity index (χ4v) is 4.47. The molecule has 33 heavy (non-hydrogen) atoms. The van der Waals surface area contributed by atoms with E-state index in [1.807, 2.05) is 0 Å². The van der Waals surface area contributed by atoms with Crippen LogP contribution in [0.1, 0.15) is 34.1 Å². The maximum atomic E-state index is 14.2. The standard InChI is InChI=1S/C22H23FN2O7S/c1-2-21(27)24-16-5-3-15(4-6-16)20(26)14-32-22(28)18-13-17(7-8-19(18)23)33(29,30)25-9-11-31-12-10-25/h3-8,13H,2,9-12,14H2,1H3,(H,24,27). The number of rotatable bonds is 8. The number of morpholine rings is 1. The van der Waals surface area contributed by atoms with Gasteiger partial charge in [0.05, 0.1) is 23.7 Å². The van der Waals surface area contributed by atoms with Crippen LogP contribution in [-0.4, -0.2) is 63.3 Å². The van der Waals surface area contributed by atoms with Gasteiger partial charge in [-0.05, 0) is 42.5 Å². The largest absolute Gasteiger partial charge is 0.454 e. The zero-order chi connectivity index (χ0) is 24.0. The summed E-state index contributed by atoms with van der Waals surface area (Å²) < 4.78 is 51.0. The summed E-state index contributed by atoms with van der Waals surface area (Å²) >= 11 is 0. The van der Waals surface area contributed by atoms with Crippen molar-refractivity contribution in [3.8, 4) is 0 Å². The summed E-state index contributed by atoms with van der Waals surface area (Å²) in [5.74, 6) is -2.85. The van der Waals surface area contributed by atoms with Crippen molar-refractivity contribution in [2.24, 2.45) is 0 Å². The highest BCUT2D eigenvalue weighted by atomic mass is 32.2. The number of ketones is 1. The molecule has 1 fully saturated rings. The van der Waals surface area contributed by atoms with Crippen LogP contribution in [0.15, 0.2) is 47.4 Å². The number of hydrogen-bond acceptors (Lipinski definition) is 7. The second-order valence-electron chi connectivity index (χ2n) is 7.14. The molecule has 2 aromatic carbocycles. The number of anilines is 1. The zero-order valence-corrected chi connectivity index (χ0v) is 18.7. The highest BCUT2D eigenvalue weighted by Crippen LogP contribution is 2.21. The number of halogens is 1. The first-order valence-electron chi connectivity index (χ1n) is 10.2. The number of benzene rings is 2. The third-order valence-corrected chi connectivity index (χ3v) is 6.81. The molecule has 1 heterocycles. The highest BCUT2D eigenvalue weighted by Gasteiger charge is 2.28. The van der Waals surface area contributed by atoms with Crippen LogP contribution in [0.5, 0.6) is 0 Å². The van der Waals surface area contributed by atoms with Crippen LogP contribution in [0.3, 0.4) is 0 Å². The molecular weight excluding hydrogens is 455 g/mol. The highest BCUT2D eigenvalue weighted by molar-refractivity contribution is 7.89. The Kier molecular flexibility index (Phi) is 7.90. The SMILES string of the molecule is CCC(=O)Nc1ccc(C(=O)COC(=O)c2cc(S(=O)(=O)N3CCOCC3)ccc2F)cc1. The lowest BCUT2D eigenvalue weighted by molar-refractivity contribution is -0.115. The monoisotopic (exact) mass is 478 g/mol. The first kappa shape index (κ1) is 24.5. The van der Waals surface area contributed by atoms with Crippen LogP contribution < -0.4 is 5.32 Å². The van der Waals surface area contributed by atoms with E-state index in [0.717, 1.165) is 18.2 Å². The third-order valence-electron chi connectivity index (χ3n) is 4.91. The number of esters is 1. The topological polar surface area (TPSA) is 119 Å². The lowest BCUT2D eigenvalue weighted by Crippen LogP contribution is -2.40. The lowest BCUT2D eigenvalue weighted by Gasteiger charge is -2.26. The van der Waals surface area contributed by atoms with Crippen LogP contribution in [0.25, 0.3) is 0 Å². The van der Waals surface area contributed by atoms with E-state index in [2.05, 4.69) is 5.32 Å². The Hall–Kier alpha value is -3.15. The molecule has 0 atom stereocenters. The molecule has 0 spiro atoms. The molecule has 176 valence electrons. The number of ether oxygens (including phenoxy) is 2. The summed E-state index contributed by atoms with van der Waals surface area (Å²) in [6.45, 7) is 1.81. The van der Waals surface area contributed by atoms with Crippen molar-refractivity contribution in [2.75, 3.05) is 38.2 Å². The Morgan fingerprint density at radius 1 is 1.09 bits per heavy atom. The Bertz CT molecular complexity index is 1140. The zero-order valence-electron chi connectivity index (χ0n) is 17.9. The van der Waals surface area contributed by atoms with Crippen LogP contribution in [0.4, 0.5) is 10.1 Å². The second kappa shape index (κ2) is 10.6. The van der Waals surface area contributed by atoms with Crippen molar-refractivity contribution < 1.29 is 36.7 Å². The smallest absolute Gasteiger partial charge is 0.341 e. The molecule has 1 amide bonds. The van der Waals surface area contributed by atoms with Crippen LogP contribution >= 0.6 is 0 Å². The minimum Gasteiger partial charge on any atom is -0.454 e. The Morgan fingerprint density at radius 2 is 1.76 bits per heavy atom. The van der Waals surface area contributed by atoms with E-state index in [-0.39, 0.29) is 42.7 Å². The van der Waals surface area contributed by atoms with E-state index in [4.69, 9.17) is 9.47 Å². The van der Waals surface area contributed by atoms with Gasteiger partial charge in [0.15, 0.2) is 12.4 Å². The van der Waals surface area contributed by atoms with Gasteiger partial charge < -0.3 is 14.8 Å². The molecule has 9 nitrogen and oxygen atoms in total. The molecule has 0 aliphatic carbocycles. The predicted octanol–water partition coefficient (Wildman–Crippen LogP) is 2.23. The maximum absolute atomic E-state index is 14.2. The first-order chi connectivity index (χ1) is 15.7. The average molecular weight is 478 g/mol. The van der Waals surface area contributed by atoms with E-state index in [1.54, 1.807) is 6.92 Å². The van der Waals surface area contributed by atoms with Crippen LogP contribution in [-0.2, 0) is 24.3 Å². The normalized spacial score (nSPS) is 14.5. The fraction of sp³-hybridized carbons (Fsp3) is 0.318. The molecule has 0 unspecified atom stereocenters. The molecule has 2 aromatic rings. The Balaban J connectivity index is 1.67. The van der Waals surface area contributed by atoms with Gasteiger partial charge in [-0.1, -0.05) is 6.92 Å². The van der Waals surface area contributed by atoms with E-state index >= 15 is 0 Å². The number of hydrogen-bond donors (Lipinski definition) is 1. The summed E-state index contributed by atoms with van der Waals surface area (Å²) in [5, 5.41) is 2.64. The second-order valence-corrected chi connectivity index (χ2v) is 9.07. The van der Waals surface area contributed by atoms with Gasteiger partial charge in [0, 0.05) is 30.8 Å². The lowest BCUT2D eigenvalue weighted by atomic mass is 10.1. The minimum atomic E-state index is -3.94. The van der Waals surface area contributed by atoms with Crippen molar-refractivity contribution in [3.05, 3.63) is 59.4 Å². The fourth-order valence-electron chi connectivity index (χ4n) is 3.04. The first-order valence-corrected chi connectivity index (χ1v) is 11.6. The van der Waals surface area contributed by atoms with Crippen LogP contribution in [0, 0.1) is 5.82 Å². The van der Waals surface area contributed by atoms with Crippen molar-refractivity contribution in [2.45, 2.75) is 18.2 Å². The molecule has 1 aliphatic rings. The summed E-state index contributed by atoms with van der Waals surface area (Å²) in [5.41, 5.74) is 0.145. The van der Waals surface area contributed by atoms with Gasteiger partial charge >= 0.3 is 5.97 Å². The van der Waals surface area contributed by atoms with Crippen molar-refractivity contribution in [3.63, 3.8) is 0 Å². The molecule has 11 heteroatoms. The van der Waals surface area contributed by atoms with Gasteiger partial charge in [-0.15, -0.1) is 0 Å². The number of nitrogens with zero attached hydrogens (tertiary/aromatic N) is 1. The molecule has 0 bridgehead atoms. The number of sulfonamides is 1. The number of nitrogens with one attached hydrogen (secondary N) is 1. The maximum Gasteiger partial charge on any atom is 0.341 e. The predicted molar refractivity (Wildman–Crippen MR) is 116 cm³/mol. The molecule has 0 aromatic heterocycles. The summed E-state index contributed by atoms with van der Waals surface area (Å²) in [6.07, 6.45) is 0.308. The summed E-state index contributed by atoms with van der Waals surface area (Å²) in [6, 6.07) is 8.81. The average Bonchev–Trinajstić information content (AvgIpc) is 2.83. The minimum absolute atomic E-state index is 0.148. The third kappa shape index (κ3) is 6.01. The van der Waals surface area contributed by atoms with E-state index in [0.29, 0.717) is 12.1 Å². The quantitative estimate of drug-likeness (QED) is 0.456. The van der Waals surface area contributed by atoms with Gasteiger partial charge in [0.2, 0.25) is 15.9 Å². The van der Waals surface area contributed by atoms with Gasteiger partial charge in [-0.25, -0.2) is 17.6 Å². The molecule has 3 rings (SSSR count). The van der Waals surface area contributed by atoms with Crippen molar-refractivity contribution in [1.82, 2.24) is 4.31 Å². The van der Waals surface area contributed by atoms with Crippen molar-refractivity contribution >= 4 is 33.4 Å². The van der Waals surface area contributed by atoms with E-state index < -0.39 is 39.8 Å². The Morgan fingerprint density at radius 3 is 2.39 bits per heavy atom. The Labute approximate surface area is 190 Å². The van der Waals surface area contributed by atoms with Gasteiger partial charge in [0.1, 0.15) is 5.82 Å². The van der Waals surface area contributed by atoms with Crippen molar-refractivity contribution in [1.29, 1.82) is 0 Å². The van der Waals surface area contributed by atoms with E-state index in [1.165, 1.54) is 28.6 Å². The molecule has 0 saturated carbocycles. The number of Topliss-reactive ketones (excluding diaryl/α,β-unsaturated/α-hetero) is 1.